The third kappa shape index (κ3) is 3.23. The Morgan fingerprint density at radius 2 is 2.21 bits per heavy atom. The SMILES string of the molecule is CCN(Cc1cccc([N+](=O)[O-])c1N)CC1CCC1. The highest BCUT2D eigenvalue weighted by Crippen LogP contribution is 2.29. The molecule has 0 bridgehead atoms. The highest BCUT2D eigenvalue weighted by atomic mass is 16.6. The quantitative estimate of drug-likeness (QED) is 0.486. The number of nitrogens with zero attached hydrogens (tertiary/aromatic N) is 2. The lowest BCUT2D eigenvalue weighted by atomic mass is 9.85. The molecule has 1 saturated carbocycles. The van der Waals surface area contributed by atoms with E-state index in [0.717, 1.165) is 24.6 Å². The maximum absolute atomic E-state index is 10.9. The van der Waals surface area contributed by atoms with E-state index in [1.807, 2.05) is 6.07 Å². The molecule has 0 aliphatic heterocycles. The molecule has 5 nitrogen and oxygen atoms in total. The van der Waals surface area contributed by atoms with Crippen LogP contribution in [-0.2, 0) is 6.54 Å². The number of nitro benzene ring substituents is 1. The van der Waals surface area contributed by atoms with Crippen LogP contribution in [0, 0.1) is 16.0 Å². The van der Waals surface area contributed by atoms with Crippen LogP contribution in [0.2, 0.25) is 0 Å². The van der Waals surface area contributed by atoms with Gasteiger partial charge >= 0.3 is 0 Å². The summed E-state index contributed by atoms with van der Waals surface area (Å²) in [6.07, 6.45) is 3.95. The summed E-state index contributed by atoms with van der Waals surface area (Å²) >= 11 is 0. The van der Waals surface area contributed by atoms with E-state index in [4.69, 9.17) is 5.73 Å². The lowest BCUT2D eigenvalue weighted by Crippen LogP contribution is -2.32. The second-order valence-corrected chi connectivity index (χ2v) is 5.23. The fraction of sp³-hybridized carbons (Fsp3) is 0.571. The molecular weight excluding hydrogens is 242 g/mol. The summed E-state index contributed by atoms with van der Waals surface area (Å²) in [6.45, 7) is 4.82. The number of para-hydroxylation sites is 1. The first-order chi connectivity index (χ1) is 9.11. The highest BCUT2D eigenvalue weighted by Gasteiger charge is 2.21. The lowest BCUT2D eigenvalue weighted by molar-refractivity contribution is -0.384. The second-order valence-electron chi connectivity index (χ2n) is 5.23. The number of nitrogens with two attached hydrogens (primary N) is 1. The normalized spacial score (nSPS) is 15.5. The minimum atomic E-state index is -0.416. The van der Waals surface area contributed by atoms with Gasteiger partial charge in [-0.15, -0.1) is 0 Å². The summed E-state index contributed by atoms with van der Waals surface area (Å²) in [7, 11) is 0. The van der Waals surface area contributed by atoms with Crippen LogP contribution in [0.3, 0.4) is 0 Å². The van der Waals surface area contributed by atoms with Crippen molar-refractivity contribution in [3.8, 4) is 0 Å². The average Bonchev–Trinajstić information content (AvgIpc) is 2.33. The van der Waals surface area contributed by atoms with E-state index in [-0.39, 0.29) is 5.69 Å². The van der Waals surface area contributed by atoms with Crippen LogP contribution >= 0.6 is 0 Å². The van der Waals surface area contributed by atoms with E-state index >= 15 is 0 Å². The molecule has 0 radical (unpaired) electrons. The largest absolute Gasteiger partial charge is 0.393 e. The predicted octanol–water partition coefficient (Wildman–Crippen LogP) is 2.80. The molecule has 1 aliphatic carbocycles. The van der Waals surface area contributed by atoms with Gasteiger partial charge < -0.3 is 5.73 Å². The Hall–Kier alpha value is -1.62. The Kier molecular flexibility index (Phi) is 4.37. The number of hydrogen-bond donors (Lipinski definition) is 1. The minimum Gasteiger partial charge on any atom is -0.393 e. The molecule has 1 aromatic carbocycles. The van der Waals surface area contributed by atoms with E-state index in [9.17, 15) is 10.1 Å². The molecule has 1 aromatic rings. The van der Waals surface area contributed by atoms with Gasteiger partial charge in [-0.3, -0.25) is 15.0 Å². The standard InChI is InChI=1S/C14H21N3O2/c1-2-16(9-11-5-3-6-11)10-12-7-4-8-13(14(12)15)17(18)19/h4,7-8,11H,2-3,5-6,9-10,15H2,1H3. The van der Waals surface area contributed by atoms with Crippen molar-refractivity contribution in [2.24, 2.45) is 5.92 Å². The number of nitro groups is 1. The maximum atomic E-state index is 10.9. The molecule has 2 N–H and O–H groups in total. The molecule has 19 heavy (non-hydrogen) atoms. The minimum absolute atomic E-state index is 0.0113. The fourth-order valence-electron chi connectivity index (χ4n) is 2.48. The molecule has 1 fully saturated rings. The van der Waals surface area contributed by atoms with Crippen LogP contribution in [-0.4, -0.2) is 22.9 Å². The molecule has 0 spiro atoms. The highest BCUT2D eigenvalue weighted by molar-refractivity contribution is 5.62. The molecule has 0 aromatic heterocycles. The molecule has 0 amide bonds. The van der Waals surface area contributed by atoms with Crippen molar-refractivity contribution in [2.75, 3.05) is 18.8 Å². The Morgan fingerprint density at radius 1 is 1.47 bits per heavy atom. The summed E-state index contributed by atoms with van der Waals surface area (Å²) in [6, 6.07) is 5.05. The zero-order chi connectivity index (χ0) is 13.8. The van der Waals surface area contributed by atoms with Crippen molar-refractivity contribution in [3.63, 3.8) is 0 Å². The lowest BCUT2D eigenvalue weighted by Gasteiger charge is -2.31. The molecule has 0 unspecified atom stereocenters. The Labute approximate surface area is 113 Å². The van der Waals surface area contributed by atoms with E-state index in [0.29, 0.717) is 12.2 Å². The summed E-state index contributed by atoms with van der Waals surface area (Å²) in [4.78, 5) is 12.8. The summed E-state index contributed by atoms with van der Waals surface area (Å²) in [5, 5.41) is 10.9. The Morgan fingerprint density at radius 3 is 2.74 bits per heavy atom. The topological polar surface area (TPSA) is 72.4 Å². The van der Waals surface area contributed by atoms with Crippen molar-refractivity contribution in [2.45, 2.75) is 32.7 Å². The smallest absolute Gasteiger partial charge is 0.292 e. The first-order valence-corrected chi connectivity index (χ1v) is 6.86. The maximum Gasteiger partial charge on any atom is 0.292 e. The number of anilines is 1. The fourth-order valence-corrected chi connectivity index (χ4v) is 2.48. The molecule has 0 atom stereocenters. The van der Waals surface area contributed by atoms with Gasteiger partial charge in [0, 0.05) is 19.2 Å². The predicted molar refractivity (Wildman–Crippen MR) is 75.8 cm³/mol. The molecular formula is C14H21N3O2. The third-order valence-corrected chi connectivity index (χ3v) is 3.95. The first-order valence-electron chi connectivity index (χ1n) is 6.86. The number of rotatable bonds is 6. The van der Waals surface area contributed by atoms with Gasteiger partial charge in [0.2, 0.25) is 0 Å². The van der Waals surface area contributed by atoms with Crippen LogP contribution in [0.4, 0.5) is 11.4 Å². The van der Waals surface area contributed by atoms with Crippen LogP contribution in [0.1, 0.15) is 31.7 Å². The molecule has 2 rings (SSSR count). The Balaban J connectivity index is 2.07. The van der Waals surface area contributed by atoms with Gasteiger partial charge in [-0.2, -0.15) is 0 Å². The van der Waals surface area contributed by atoms with Crippen LogP contribution in [0.15, 0.2) is 18.2 Å². The monoisotopic (exact) mass is 263 g/mol. The van der Waals surface area contributed by atoms with Crippen LogP contribution in [0.5, 0.6) is 0 Å². The number of benzene rings is 1. The van der Waals surface area contributed by atoms with Crippen molar-refractivity contribution < 1.29 is 4.92 Å². The number of nitrogen functional groups attached to an aromatic ring is 1. The van der Waals surface area contributed by atoms with Gasteiger partial charge in [0.15, 0.2) is 0 Å². The van der Waals surface area contributed by atoms with Gasteiger partial charge in [-0.05, 0) is 30.9 Å². The van der Waals surface area contributed by atoms with Gasteiger partial charge in [0.05, 0.1) is 4.92 Å². The van der Waals surface area contributed by atoms with Gasteiger partial charge in [-0.1, -0.05) is 25.5 Å². The van der Waals surface area contributed by atoms with Crippen molar-refractivity contribution in [1.29, 1.82) is 0 Å². The van der Waals surface area contributed by atoms with E-state index in [1.165, 1.54) is 25.3 Å². The van der Waals surface area contributed by atoms with Gasteiger partial charge in [0.25, 0.3) is 5.69 Å². The molecule has 0 heterocycles. The molecule has 104 valence electrons. The van der Waals surface area contributed by atoms with Crippen molar-refractivity contribution in [1.82, 2.24) is 4.90 Å². The molecule has 0 saturated heterocycles. The van der Waals surface area contributed by atoms with Crippen LogP contribution < -0.4 is 5.73 Å². The summed E-state index contributed by atoms with van der Waals surface area (Å²) < 4.78 is 0. The van der Waals surface area contributed by atoms with E-state index in [1.54, 1.807) is 6.07 Å². The van der Waals surface area contributed by atoms with Crippen molar-refractivity contribution >= 4 is 11.4 Å². The second kappa shape index (κ2) is 6.02. The average molecular weight is 263 g/mol. The number of hydrogen-bond acceptors (Lipinski definition) is 4. The molecule has 5 heteroatoms. The van der Waals surface area contributed by atoms with E-state index < -0.39 is 4.92 Å². The zero-order valence-electron chi connectivity index (χ0n) is 11.3. The molecule has 1 aliphatic rings. The van der Waals surface area contributed by atoms with Gasteiger partial charge in [-0.25, -0.2) is 0 Å². The van der Waals surface area contributed by atoms with Crippen molar-refractivity contribution in [3.05, 3.63) is 33.9 Å². The summed E-state index contributed by atoms with van der Waals surface area (Å²) in [5.41, 5.74) is 7.07. The summed E-state index contributed by atoms with van der Waals surface area (Å²) in [5.74, 6) is 0.792. The first kappa shape index (κ1) is 13.8. The van der Waals surface area contributed by atoms with Gasteiger partial charge in [0.1, 0.15) is 5.69 Å². The zero-order valence-corrected chi connectivity index (χ0v) is 11.3. The Bertz CT molecular complexity index is 458. The van der Waals surface area contributed by atoms with Crippen LogP contribution in [0.25, 0.3) is 0 Å². The third-order valence-electron chi connectivity index (χ3n) is 3.95. The van der Waals surface area contributed by atoms with E-state index in [2.05, 4.69) is 11.8 Å².